The molecule has 0 unspecified atom stereocenters. The van der Waals surface area contributed by atoms with Gasteiger partial charge in [-0.2, -0.15) is 0 Å². The molecule has 0 spiro atoms. The molecule has 0 aliphatic heterocycles. The second kappa shape index (κ2) is 7.64. The van der Waals surface area contributed by atoms with Crippen LogP contribution in [0.4, 0.5) is 4.79 Å². The van der Waals surface area contributed by atoms with Gasteiger partial charge in [0.1, 0.15) is 6.61 Å². The zero-order valence-corrected chi connectivity index (χ0v) is 13.3. The molecule has 0 atom stereocenters. The summed E-state index contributed by atoms with van der Waals surface area (Å²) in [6, 6.07) is 7.16. The van der Waals surface area contributed by atoms with Crippen molar-refractivity contribution in [3.63, 3.8) is 0 Å². The van der Waals surface area contributed by atoms with Gasteiger partial charge in [0.05, 0.1) is 6.67 Å². The standard InChI is InChI=1S/C15H23N3O3/c1-16(2)11-18(5)14(19)13-9-7-6-8-12(13)10-21-15(20)17(3)4/h6-9H,10-11H2,1-5H3. The Balaban J connectivity index is 2.83. The van der Waals surface area contributed by atoms with E-state index in [-0.39, 0.29) is 12.5 Å². The molecular weight excluding hydrogens is 270 g/mol. The summed E-state index contributed by atoms with van der Waals surface area (Å²) in [7, 11) is 8.77. The number of hydrogen-bond acceptors (Lipinski definition) is 4. The number of carbonyl (C=O) groups excluding carboxylic acids is 2. The van der Waals surface area contributed by atoms with Gasteiger partial charge in [-0.05, 0) is 20.2 Å². The van der Waals surface area contributed by atoms with Gasteiger partial charge in [-0.1, -0.05) is 18.2 Å². The molecule has 0 N–H and O–H groups in total. The van der Waals surface area contributed by atoms with Crippen molar-refractivity contribution in [3.8, 4) is 0 Å². The van der Waals surface area contributed by atoms with Gasteiger partial charge >= 0.3 is 6.09 Å². The average Bonchev–Trinajstić information content (AvgIpc) is 2.43. The van der Waals surface area contributed by atoms with Crippen molar-refractivity contribution in [1.82, 2.24) is 14.7 Å². The van der Waals surface area contributed by atoms with Gasteiger partial charge in [-0.25, -0.2) is 4.79 Å². The number of amides is 2. The molecule has 116 valence electrons. The molecule has 6 heteroatoms. The number of rotatable bonds is 5. The van der Waals surface area contributed by atoms with Crippen molar-refractivity contribution < 1.29 is 14.3 Å². The molecule has 21 heavy (non-hydrogen) atoms. The maximum atomic E-state index is 12.4. The van der Waals surface area contributed by atoms with Crippen molar-refractivity contribution in [1.29, 1.82) is 0 Å². The lowest BCUT2D eigenvalue weighted by Crippen LogP contribution is -2.35. The summed E-state index contributed by atoms with van der Waals surface area (Å²) >= 11 is 0. The van der Waals surface area contributed by atoms with E-state index < -0.39 is 6.09 Å². The van der Waals surface area contributed by atoms with E-state index in [4.69, 9.17) is 4.74 Å². The maximum absolute atomic E-state index is 12.4. The topological polar surface area (TPSA) is 53.1 Å². The van der Waals surface area contributed by atoms with Crippen molar-refractivity contribution in [2.45, 2.75) is 6.61 Å². The molecule has 0 radical (unpaired) electrons. The van der Waals surface area contributed by atoms with E-state index >= 15 is 0 Å². The SMILES string of the molecule is CN(C)CN(C)C(=O)c1ccccc1COC(=O)N(C)C. The maximum Gasteiger partial charge on any atom is 0.409 e. The van der Waals surface area contributed by atoms with Crippen LogP contribution in [-0.2, 0) is 11.3 Å². The molecule has 0 heterocycles. The number of benzene rings is 1. The number of hydrogen-bond donors (Lipinski definition) is 0. The van der Waals surface area contributed by atoms with E-state index in [9.17, 15) is 9.59 Å². The van der Waals surface area contributed by atoms with Crippen LogP contribution in [-0.4, -0.2) is 68.6 Å². The molecule has 0 aliphatic carbocycles. The van der Waals surface area contributed by atoms with Gasteiger partial charge in [0.15, 0.2) is 0 Å². The normalized spacial score (nSPS) is 10.4. The summed E-state index contributed by atoms with van der Waals surface area (Å²) in [6.07, 6.45) is -0.432. The van der Waals surface area contributed by atoms with E-state index in [1.165, 1.54) is 4.90 Å². The van der Waals surface area contributed by atoms with Crippen molar-refractivity contribution in [2.24, 2.45) is 0 Å². The zero-order valence-electron chi connectivity index (χ0n) is 13.3. The quantitative estimate of drug-likeness (QED) is 0.772. The Morgan fingerprint density at radius 1 is 1.05 bits per heavy atom. The smallest absolute Gasteiger partial charge is 0.409 e. The lowest BCUT2D eigenvalue weighted by molar-refractivity contribution is 0.0722. The molecule has 0 saturated carbocycles. The Morgan fingerprint density at radius 2 is 1.67 bits per heavy atom. The molecule has 0 aliphatic rings. The van der Waals surface area contributed by atoms with Crippen LogP contribution >= 0.6 is 0 Å². The highest BCUT2D eigenvalue weighted by atomic mass is 16.6. The minimum atomic E-state index is -0.432. The minimum Gasteiger partial charge on any atom is -0.445 e. The van der Waals surface area contributed by atoms with Gasteiger partial charge in [-0.15, -0.1) is 0 Å². The van der Waals surface area contributed by atoms with E-state index in [0.717, 1.165) is 0 Å². The largest absolute Gasteiger partial charge is 0.445 e. The fourth-order valence-corrected chi connectivity index (χ4v) is 1.82. The van der Waals surface area contributed by atoms with Gasteiger partial charge in [0.2, 0.25) is 0 Å². The first kappa shape index (κ1) is 17.0. The number of nitrogens with zero attached hydrogens (tertiary/aromatic N) is 3. The van der Waals surface area contributed by atoms with E-state index in [0.29, 0.717) is 17.8 Å². The van der Waals surface area contributed by atoms with E-state index in [1.54, 1.807) is 44.2 Å². The minimum absolute atomic E-state index is 0.0781. The lowest BCUT2D eigenvalue weighted by Gasteiger charge is -2.22. The Morgan fingerprint density at radius 3 is 2.24 bits per heavy atom. The highest BCUT2D eigenvalue weighted by Gasteiger charge is 2.17. The first-order valence-corrected chi connectivity index (χ1v) is 6.65. The van der Waals surface area contributed by atoms with Gasteiger partial charge in [0, 0.05) is 32.3 Å². The summed E-state index contributed by atoms with van der Waals surface area (Å²) in [6.45, 7) is 0.597. The third-order valence-corrected chi connectivity index (χ3v) is 2.81. The molecule has 1 rings (SSSR count). The fraction of sp³-hybridized carbons (Fsp3) is 0.467. The second-order valence-corrected chi connectivity index (χ2v) is 5.33. The molecule has 0 fully saturated rings. The fourth-order valence-electron chi connectivity index (χ4n) is 1.82. The predicted molar refractivity (Wildman–Crippen MR) is 81.0 cm³/mol. The summed E-state index contributed by atoms with van der Waals surface area (Å²) in [5.74, 6) is -0.0970. The summed E-state index contributed by atoms with van der Waals surface area (Å²) in [5, 5.41) is 0. The van der Waals surface area contributed by atoms with Crippen LogP contribution in [0.1, 0.15) is 15.9 Å². The monoisotopic (exact) mass is 293 g/mol. The molecule has 1 aromatic carbocycles. The predicted octanol–water partition coefficient (Wildman–Crippen LogP) is 1.48. The second-order valence-electron chi connectivity index (χ2n) is 5.33. The Labute approximate surface area is 125 Å². The molecule has 2 amide bonds. The Bertz CT molecular complexity index is 501. The van der Waals surface area contributed by atoms with Crippen LogP contribution in [0.25, 0.3) is 0 Å². The van der Waals surface area contributed by atoms with Crippen LogP contribution in [0.3, 0.4) is 0 Å². The Kier molecular flexibility index (Phi) is 6.17. The molecular formula is C15H23N3O3. The van der Waals surface area contributed by atoms with Crippen LogP contribution in [0.5, 0.6) is 0 Å². The van der Waals surface area contributed by atoms with E-state index in [1.807, 2.05) is 25.1 Å². The highest BCUT2D eigenvalue weighted by molar-refractivity contribution is 5.95. The molecule has 0 saturated heterocycles. The van der Waals surface area contributed by atoms with Crippen LogP contribution in [0.2, 0.25) is 0 Å². The van der Waals surface area contributed by atoms with E-state index in [2.05, 4.69) is 0 Å². The molecule has 6 nitrogen and oxygen atoms in total. The summed E-state index contributed by atoms with van der Waals surface area (Å²) < 4.78 is 5.15. The Hall–Kier alpha value is -2.08. The zero-order chi connectivity index (χ0) is 16.0. The van der Waals surface area contributed by atoms with Crippen molar-refractivity contribution in [3.05, 3.63) is 35.4 Å². The van der Waals surface area contributed by atoms with Crippen molar-refractivity contribution >= 4 is 12.0 Å². The first-order chi connectivity index (χ1) is 9.82. The van der Waals surface area contributed by atoms with Crippen LogP contribution in [0.15, 0.2) is 24.3 Å². The lowest BCUT2D eigenvalue weighted by atomic mass is 10.1. The third-order valence-electron chi connectivity index (χ3n) is 2.81. The molecule has 0 bridgehead atoms. The number of carbonyl (C=O) groups is 2. The first-order valence-electron chi connectivity index (χ1n) is 6.65. The summed E-state index contributed by atoms with van der Waals surface area (Å²) in [5.41, 5.74) is 1.25. The molecule has 0 aromatic heterocycles. The number of ether oxygens (including phenoxy) is 1. The highest BCUT2D eigenvalue weighted by Crippen LogP contribution is 2.13. The van der Waals surface area contributed by atoms with Crippen LogP contribution in [0, 0.1) is 0 Å². The van der Waals surface area contributed by atoms with Gasteiger partial charge in [0.25, 0.3) is 5.91 Å². The van der Waals surface area contributed by atoms with Gasteiger partial charge < -0.3 is 14.5 Å². The van der Waals surface area contributed by atoms with Crippen LogP contribution < -0.4 is 0 Å². The average molecular weight is 293 g/mol. The van der Waals surface area contributed by atoms with Gasteiger partial charge in [-0.3, -0.25) is 9.69 Å². The summed E-state index contributed by atoms with van der Waals surface area (Å²) in [4.78, 5) is 28.8. The van der Waals surface area contributed by atoms with Crippen molar-refractivity contribution in [2.75, 3.05) is 41.9 Å². The molecule has 1 aromatic rings. The third kappa shape index (κ3) is 5.07.